The second kappa shape index (κ2) is 6.69. The molecule has 0 amide bonds. The molecule has 1 saturated heterocycles. The van der Waals surface area contributed by atoms with Gasteiger partial charge in [-0.15, -0.1) is 0 Å². The van der Waals surface area contributed by atoms with Crippen molar-refractivity contribution in [2.75, 3.05) is 6.61 Å². The normalized spacial score (nSPS) is 23.3. The summed E-state index contributed by atoms with van der Waals surface area (Å²) in [6, 6.07) is 30.0. The van der Waals surface area contributed by atoms with Gasteiger partial charge in [0.1, 0.15) is 5.60 Å². The minimum Gasteiger partial charge on any atom is -0.364 e. The molecule has 0 aliphatic carbocycles. The fourth-order valence-corrected chi connectivity index (χ4v) is 4.69. The van der Waals surface area contributed by atoms with E-state index >= 15 is 0 Å². The molecule has 3 aromatic carbocycles. The molecule has 2 heteroatoms. The van der Waals surface area contributed by atoms with E-state index in [-0.39, 0.29) is 5.60 Å². The highest BCUT2D eigenvalue weighted by molar-refractivity contribution is 14.1. The van der Waals surface area contributed by atoms with E-state index in [0.29, 0.717) is 3.92 Å². The quantitative estimate of drug-likeness (QED) is 0.379. The zero-order valence-corrected chi connectivity index (χ0v) is 15.5. The average Bonchev–Trinajstić information content (AvgIpc) is 3.06. The van der Waals surface area contributed by atoms with E-state index in [1.165, 1.54) is 22.3 Å². The number of hydrogen-bond donors (Lipinski definition) is 0. The van der Waals surface area contributed by atoms with Crippen molar-refractivity contribution in [2.45, 2.75) is 15.9 Å². The molecule has 1 aliphatic rings. The van der Waals surface area contributed by atoms with Crippen molar-refractivity contribution in [3.05, 3.63) is 96.1 Å². The maximum Gasteiger partial charge on any atom is 0.130 e. The number of halogens is 1. The van der Waals surface area contributed by atoms with E-state index in [1.807, 2.05) is 0 Å². The summed E-state index contributed by atoms with van der Waals surface area (Å²) in [5, 5.41) is 0. The molecule has 2 unspecified atom stereocenters. The van der Waals surface area contributed by atoms with Crippen molar-refractivity contribution in [3.8, 4) is 11.1 Å². The Balaban J connectivity index is 1.77. The van der Waals surface area contributed by atoms with Crippen LogP contribution in [0.3, 0.4) is 0 Å². The molecule has 1 nitrogen and oxygen atoms in total. The van der Waals surface area contributed by atoms with Crippen molar-refractivity contribution in [2.24, 2.45) is 0 Å². The molecule has 0 bridgehead atoms. The van der Waals surface area contributed by atoms with Crippen LogP contribution in [0.15, 0.2) is 84.9 Å². The van der Waals surface area contributed by atoms with Gasteiger partial charge < -0.3 is 4.74 Å². The van der Waals surface area contributed by atoms with Crippen LogP contribution in [0.2, 0.25) is 0 Å². The van der Waals surface area contributed by atoms with E-state index in [4.69, 9.17) is 4.74 Å². The van der Waals surface area contributed by atoms with Crippen LogP contribution in [0, 0.1) is 0 Å². The molecule has 0 N–H and O–H groups in total. The van der Waals surface area contributed by atoms with Crippen LogP contribution in [0.25, 0.3) is 11.1 Å². The summed E-state index contributed by atoms with van der Waals surface area (Å²) < 4.78 is 6.79. The minimum absolute atomic E-state index is 0.336. The maximum absolute atomic E-state index is 6.36. The third kappa shape index (κ3) is 2.68. The first-order chi connectivity index (χ1) is 11.8. The van der Waals surface area contributed by atoms with Gasteiger partial charge >= 0.3 is 0 Å². The van der Waals surface area contributed by atoms with Gasteiger partial charge in [0, 0.05) is 6.61 Å². The molecule has 4 rings (SSSR count). The molecule has 0 saturated carbocycles. The first-order valence-corrected chi connectivity index (χ1v) is 9.55. The molecule has 1 fully saturated rings. The molecule has 3 aromatic rings. The Bertz CT molecular complexity index is 798. The standard InChI is InChI=1S/C22H19IO/c23-21-15-16-24-22(21,19-9-5-2-6-10-19)20-13-11-18(12-14-20)17-7-3-1-4-8-17/h1-14,21H,15-16H2. The number of benzene rings is 3. The van der Waals surface area contributed by atoms with Crippen molar-refractivity contribution in [1.29, 1.82) is 0 Å². The van der Waals surface area contributed by atoms with Gasteiger partial charge in [-0.25, -0.2) is 0 Å². The van der Waals surface area contributed by atoms with E-state index in [1.54, 1.807) is 0 Å². The van der Waals surface area contributed by atoms with Gasteiger partial charge in [-0.05, 0) is 28.7 Å². The summed E-state index contributed by atoms with van der Waals surface area (Å²) in [5.41, 5.74) is 4.64. The SMILES string of the molecule is IC1CCOC1(c1ccccc1)c1ccc(-c2ccccc2)cc1. The highest BCUT2D eigenvalue weighted by atomic mass is 127. The highest BCUT2D eigenvalue weighted by Gasteiger charge is 2.45. The molecular weight excluding hydrogens is 407 g/mol. The van der Waals surface area contributed by atoms with Crippen LogP contribution in [0.1, 0.15) is 17.5 Å². The predicted octanol–water partition coefficient (Wildman–Crippen LogP) is 5.82. The number of ether oxygens (including phenoxy) is 1. The summed E-state index contributed by atoms with van der Waals surface area (Å²) >= 11 is 2.55. The lowest BCUT2D eigenvalue weighted by Crippen LogP contribution is -2.34. The Labute approximate surface area is 156 Å². The topological polar surface area (TPSA) is 9.23 Å². The first kappa shape index (κ1) is 15.9. The van der Waals surface area contributed by atoms with Crippen molar-refractivity contribution in [3.63, 3.8) is 0 Å². The number of rotatable bonds is 3. The molecule has 0 radical (unpaired) electrons. The molecule has 2 atom stereocenters. The molecule has 1 heterocycles. The summed E-state index contributed by atoms with van der Waals surface area (Å²) in [4.78, 5) is 0. The van der Waals surface area contributed by atoms with Gasteiger partial charge in [-0.1, -0.05) is 108 Å². The smallest absolute Gasteiger partial charge is 0.130 e. The van der Waals surface area contributed by atoms with Crippen LogP contribution >= 0.6 is 22.6 Å². The Morgan fingerprint density at radius 1 is 0.708 bits per heavy atom. The van der Waals surface area contributed by atoms with E-state index in [9.17, 15) is 0 Å². The van der Waals surface area contributed by atoms with Gasteiger partial charge in [0.2, 0.25) is 0 Å². The second-order valence-electron chi connectivity index (χ2n) is 6.15. The second-order valence-corrected chi connectivity index (χ2v) is 7.65. The van der Waals surface area contributed by atoms with Crippen LogP contribution in [0.5, 0.6) is 0 Å². The van der Waals surface area contributed by atoms with Crippen molar-refractivity contribution < 1.29 is 4.74 Å². The first-order valence-electron chi connectivity index (χ1n) is 8.30. The van der Waals surface area contributed by atoms with E-state index in [2.05, 4.69) is 108 Å². The summed E-state index contributed by atoms with van der Waals surface area (Å²) in [6.45, 7) is 0.808. The van der Waals surface area contributed by atoms with Gasteiger partial charge in [-0.2, -0.15) is 0 Å². The molecule has 1 aliphatic heterocycles. The maximum atomic E-state index is 6.36. The Morgan fingerprint density at radius 3 is 1.83 bits per heavy atom. The Morgan fingerprint density at radius 2 is 1.25 bits per heavy atom. The van der Waals surface area contributed by atoms with Crippen LogP contribution in [-0.2, 0) is 10.3 Å². The lowest BCUT2D eigenvalue weighted by atomic mass is 9.83. The molecule has 24 heavy (non-hydrogen) atoms. The predicted molar refractivity (Wildman–Crippen MR) is 107 cm³/mol. The monoisotopic (exact) mass is 426 g/mol. The lowest BCUT2D eigenvalue weighted by Gasteiger charge is -2.33. The van der Waals surface area contributed by atoms with E-state index < -0.39 is 0 Å². The van der Waals surface area contributed by atoms with Crippen molar-refractivity contribution >= 4 is 22.6 Å². The largest absolute Gasteiger partial charge is 0.364 e. The third-order valence-electron chi connectivity index (χ3n) is 4.77. The highest BCUT2D eigenvalue weighted by Crippen LogP contribution is 2.46. The molecular formula is C22H19IO. The van der Waals surface area contributed by atoms with Crippen molar-refractivity contribution in [1.82, 2.24) is 0 Å². The fourth-order valence-electron chi connectivity index (χ4n) is 3.54. The zero-order valence-electron chi connectivity index (χ0n) is 13.4. The molecule has 0 spiro atoms. The van der Waals surface area contributed by atoms with Gasteiger partial charge in [0.25, 0.3) is 0 Å². The summed E-state index contributed by atoms with van der Waals surface area (Å²) in [7, 11) is 0. The fraction of sp³-hybridized carbons (Fsp3) is 0.182. The average molecular weight is 426 g/mol. The Kier molecular flexibility index (Phi) is 4.42. The number of hydrogen-bond acceptors (Lipinski definition) is 1. The van der Waals surface area contributed by atoms with Crippen LogP contribution < -0.4 is 0 Å². The lowest BCUT2D eigenvalue weighted by molar-refractivity contribution is 0.0408. The summed E-state index contributed by atoms with van der Waals surface area (Å²) in [6.07, 6.45) is 1.08. The van der Waals surface area contributed by atoms with Gasteiger partial charge in [0.05, 0.1) is 3.92 Å². The zero-order chi connectivity index (χ0) is 16.4. The minimum atomic E-state index is -0.336. The molecule has 120 valence electrons. The third-order valence-corrected chi connectivity index (χ3v) is 6.27. The van der Waals surface area contributed by atoms with Crippen LogP contribution in [0.4, 0.5) is 0 Å². The van der Waals surface area contributed by atoms with E-state index in [0.717, 1.165) is 13.0 Å². The van der Waals surface area contributed by atoms with Crippen LogP contribution in [-0.4, -0.2) is 10.5 Å². The van der Waals surface area contributed by atoms with Gasteiger partial charge in [-0.3, -0.25) is 0 Å². The Hall–Kier alpha value is -1.65. The summed E-state index contributed by atoms with van der Waals surface area (Å²) in [5.74, 6) is 0. The van der Waals surface area contributed by atoms with Gasteiger partial charge in [0.15, 0.2) is 0 Å². The molecule has 0 aromatic heterocycles. The number of alkyl halides is 1.